The van der Waals surface area contributed by atoms with Crippen LogP contribution in [0.1, 0.15) is 0 Å². The van der Waals surface area contributed by atoms with E-state index in [0.29, 0.717) is 0 Å². The van der Waals surface area contributed by atoms with E-state index in [1.807, 2.05) is 36.4 Å². The van der Waals surface area contributed by atoms with Crippen molar-refractivity contribution in [2.45, 2.75) is 0 Å². The van der Waals surface area contributed by atoms with Crippen LogP contribution >= 0.6 is 11.5 Å². The maximum absolute atomic E-state index is 5.42. The van der Waals surface area contributed by atoms with Gasteiger partial charge in [0.05, 0.1) is 18.9 Å². The van der Waals surface area contributed by atoms with Gasteiger partial charge in [-0.2, -0.15) is 0 Å². The highest BCUT2D eigenvalue weighted by atomic mass is 32.1. The predicted octanol–water partition coefficient (Wildman–Crippen LogP) is 3.38. The number of methoxy groups -OCH3 is 2. The lowest BCUT2D eigenvalue weighted by Crippen LogP contribution is -1.91. The van der Waals surface area contributed by atoms with Gasteiger partial charge in [0, 0.05) is 11.1 Å². The summed E-state index contributed by atoms with van der Waals surface area (Å²) in [5.41, 5.74) is 2.85. The van der Waals surface area contributed by atoms with Gasteiger partial charge in [0.2, 0.25) is 0 Å². The van der Waals surface area contributed by atoms with Crippen LogP contribution in [0.25, 0.3) is 21.3 Å². The number of aromatic nitrogens is 2. The number of benzene rings is 2. The maximum atomic E-state index is 5.42. The van der Waals surface area contributed by atoms with Gasteiger partial charge in [-0.15, -0.1) is 5.10 Å². The van der Waals surface area contributed by atoms with E-state index in [0.717, 1.165) is 32.8 Å². The van der Waals surface area contributed by atoms with E-state index in [2.05, 4.69) is 9.59 Å². The van der Waals surface area contributed by atoms with Gasteiger partial charge in [0.15, 0.2) is 0 Å². The van der Waals surface area contributed by atoms with Crippen LogP contribution in [0.4, 0.5) is 0 Å². The minimum absolute atomic E-state index is 0.788. The topological polar surface area (TPSA) is 44.2 Å². The molecule has 0 unspecified atom stereocenters. The fourth-order valence-electron chi connectivity index (χ4n) is 2.05. The zero-order valence-electron chi connectivity index (χ0n) is 10.6. The minimum Gasteiger partial charge on any atom is -0.497 e. The summed E-state index contributed by atoms with van der Waals surface area (Å²) in [6.07, 6.45) is 0. The Morgan fingerprint density at radius 1 is 1.00 bits per heavy atom. The number of hydrogen-bond acceptors (Lipinski definition) is 5. The molecule has 0 saturated heterocycles. The zero-order valence-corrected chi connectivity index (χ0v) is 11.4. The van der Waals surface area contributed by atoms with Crippen molar-refractivity contribution >= 4 is 21.7 Å². The van der Waals surface area contributed by atoms with E-state index in [1.54, 1.807) is 14.2 Å². The van der Waals surface area contributed by atoms with Crippen LogP contribution in [0, 0.1) is 0 Å². The standard InChI is InChI=1S/C14H12N2O2S/c1-17-9-6-7-12(18-2)11(8-9)10-4-3-5-13-14(10)15-16-19-13/h3-8H,1-2H3. The van der Waals surface area contributed by atoms with Crippen molar-refractivity contribution in [3.63, 3.8) is 0 Å². The average Bonchev–Trinajstić information content (AvgIpc) is 2.94. The quantitative estimate of drug-likeness (QED) is 0.733. The van der Waals surface area contributed by atoms with Crippen LogP contribution in [0.2, 0.25) is 0 Å². The van der Waals surface area contributed by atoms with E-state index in [1.165, 1.54) is 11.5 Å². The summed E-state index contributed by atoms with van der Waals surface area (Å²) in [5.74, 6) is 1.58. The van der Waals surface area contributed by atoms with Crippen molar-refractivity contribution in [1.29, 1.82) is 0 Å². The first kappa shape index (κ1) is 11.9. The Balaban J connectivity index is 2.28. The van der Waals surface area contributed by atoms with Crippen LogP contribution < -0.4 is 9.47 Å². The fraction of sp³-hybridized carbons (Fsp3) is 0.143. The van der Waals surface area contributed by atoms with Crippen LogP contribution in [0.15, 0.2) is 36.4 Å². The smallest absolute Gasteiger partial charge is 0.127 e. The van der Waals surface area contributed by atoms with Gasteiger partial charge < -0.3 is 9.47 Å². The highest BCUT2D eigenvalue weighted by Crippen LogP contribution is 2.37. The van der Waals surface area contributed by atoms with E-state index in [-0.39, 0.29) is 0 Å². The predicted molar refractivity (Wildman–Crippen MR) is 76.0 cm³/mol. The number of rotatable bonds is 3. The molecule has 0 atom stereocenters. The molecule has 4 nitrogen and oxygen atoms in total. The normalized spacial score (nSPS) is 10.6. The van der Waals surface area contributed by atoms with Gasteiger partial charge in [-0.3, -0.25) is 0 Å². The Bertz CT molecular complexity index is 724. The Hall–Kier alpha value is -2.14. The molecule has 19 heavy (non-hydrogen) atoms. The molecule has 0 saturated carbocycles. The van der Waals surface area contributed by atoms with Crippen molar-refractivity contribution in [3.8, 4) is 22.6 Å². The number of fused-ring (bicyclic) bond motifs is 1. The van der Waals surface area contributed by atoms with E-state index in [9.17, 15) is 0 Å². The Kier molecular flexibility index (Phi) is 3.05. The summed E-state index contributed by atoms with van der Waals surface area (Å²) in [6.45, 7) is 0. The molecule has 0 radical (unpaired) electrons. The Morgan fingerprint density at radius 2 is 1.89 bits per heavy atom. The van der Waals surface area contributed by atoms with Crippen molar-refractivity contribution in [2.24, 2.45) is 0 Å². The first-order valence-corrected chi connectivity index (χ1v) is 6.54. The minimum atomic E-state index is 0.788. The number of nitrogens with zero attached hydrogens (tertiary/aromatic N) is 2. The zero-order chi connectivity index (χ0) is 13.2. The number of hydrogen-bond donors (Lipinski definition) is 0. The molecule has 0 aliphatic rings. The molecule has 0 N–H and O–H groups in total. The molecule has 0 aliphatic heterocycles. The lowest BCUT2D eigenvalue weighted by molar-refractivity contribution is 0.404. The van der Waals surface area contributed by atoms with E-state index < -0.39 is 0 Å². The SMILES string of the molecule is COc1ccc(OC)c(-c2cccc3snnc23)c1. The maximum Gasteiger partial charge on any atom is 0.127 e. The van der Waals surface area contributed by atoms with Gasteiger partial charge in [-0.05, 0) is 35.8 Å². The largest absolute Gasteiger partial charge is 0.497 e. The van der Waals surface area contributed by atoms with Crippen molar-refractivity contribution in [3.05, 3.63) is 36.4 Å². The van der Waals surface area contributed by atoms with E-state index in [4.69, 9.17) is 9.47 Å². The molecule has 0 aliphatic carbocycles. The Morgan fingerprint density at radius 3 is 2.68 bits per heavy atom. The first-order valence-electron chi connectivity index (χ1n) is 5.77. The molecule has 96 valence electrons. The summed E-state index contributed by atoms with van der Waals surface area (Å²) in [5, 5.41) is 4.20. The van der Waals surface area contributed by atoms with Crippen LogP contribution in [0.5, 0.6) is 11.5 Å². The number of ether oxygens (including phenoxy) is 2. The molecular weight excluding hydrogens is 260 g/mol. The molecule has 0 fully saturated rings. The first-order chi connectivity index (χ1) is 9.33. The third-order valence-corrected chi connectivity index (χ3v) is 3.67. The second-order valence-electron chi connectivity index (χ2n) is 3.99. The van der Waals surface area contributed by atoms with E-state index >= 15 is 0 Å². The molecule has 5 heteroatoms. The van der Waals surface area contributed by atoms with Crippen molar-refractivity contribution in [1.82, 2.24) is 9.59 Å². The molecular formula is C14H12N2O2S. The summed E-state index contributed by atoms with van der Waals surface area (Å²) in [4.78, 5) is 0. The second-order valence-corrected chi connectivity index (χ2v) is 4.78. The van der Waals surface area contributed by atoms with Crippen LogP contribution in [-0.4, -0.2) is 23.8 Å². The third-order valence-electron chi connectivity index (χ3n) is 2.98. The molecule has 1 heterocycles. The monoisotopic (exact) mass is 272 g/mol. The summed E-state index contributed by atoms with van der Waals surface area (Å²) in [7, 11) is 3.31. The highest BCUT2D eigenvalue weighted by molar-refractivity contribution is 7.13. The van der Waals surface area contributed by atoms with Gasteiger partial charge in [0.1, 0.15) is 17.0 Å². The molecule has 1 aromatic heterocycles. The molecule has 2 aromatic carbocycles. The lowest BCUT2D eigenvalue weighted by atomic mass is 10.0. The molecule has 0 bridgehead atoms. The molecule has 3 aromatic rings. The van der Waals surface area contributed by atoms with Crippen molar-refractivity contribution < 1.29 is 9.47 Å². The molecule has 0 spiro atoms. The summed E-state index contributed by atoms with van der Waals surface area (Å²) in [6, 6.07) is 11.7. The second kappa shape index (κ2) is 4.85. The average molecular weight is 272 g/mol. The summed E-state index contributed by atoms with van der Waals surface area (Å²) >= 11 is 1.39. The van der Waals surface area contributed by atoms with Crippen LogP contribution in [0.3, 0.4) is 0 Å². The van der Waals surface area contributed by atoms with Gasteiger partial charge in [-0.25, -0.2) is 0 Å². The lowest BCUT2D eigenvalue weighted by Gasteiger charge is -2.10. The van der Waals surface area contributed by atoms with Crippen molar-refractivity contribution in [2.75, 3.05) is 14.2 Å². The third kappa shape index (κ3) is 2.02. The molecule has 3 rings (SSSR count). The van der Waals surface area contributed by atoms with Gasteiger partial charge >= 0.3 is 0 Å². The van der Waals surface area contributed by atoms with Crippen LogP contribution in [-0.2, 0) is 0 Å². The molecule has 0 amide bonds. The highest BCUT2D eigenvalue weighted by Gasteiger charge is 2.12. The van der Waals surface area contributed by atoms with Gasteiger partial charge in [-0.1, -0.05) is 16.6 Å². The summed E-state index contributed by atoms with van der Waals surface area (Å²) < 4.78 is 15.8. The Labute approximate surface area is 114 Å². The fourth-order valence-corrected chi connectivity index (χ4v) is 2.63. The van der Waals surface area contributed by atoms with Gasteiger partial charge in [0.25, 0.3) is 0 Å².